The van der Waals surface area contributed by atoms with Crippen molar-refractivity contribution in [3.8, 4) is 11.5 Å². The number of fused-ring (bicyclic) bond motifs is 1. The summed E-state index contributed by atoms with van der Waals surface area (Å²) in [6.45, 7) is 0.112. The molecular weight excluding hydrogens is 373 g/mol. The summed E-state index contributed by atoms with van der Waals surface area (Å²) in [5.74, 6) is -0.259. The Morgan fingerprint density at radius 2 is 1.81 bits per heavy atom. The van der Waals surface area contributed by atoms with E-state index in [0.717, 1.165) is 11.6 Å². The second kappa shape index (κ2) is 6.81. The van der Waals surface area contributed by atoms with E-state index in [4.69, 9.17) is 9.47 Å². The molecular formula is C17H14F3O5S-. The van der Waals surface area contributed by atoms with E-state index < -0.39 is 28.0 Å². The Morgan fingerprint density at radius 3 is 2.42 bits per heavy atom. The van der Waals surface area contributed by atoms with Crippen LogP contribution in [0.4, 0.5) is 13.2 Å². The molecule has 0 saturated heterocycles. The highest BCUT2D eigenvalue weighted by atomic mass is 32.2. The molecule has 0 aromatic heterocycles. The Kier molecular flexibility index (Phi) is 4.85. The molecule has 0 aliphatic carbocycles. The lowest BCUT2D eigenvalue weighted by atomic mass is 10.1. The van der Waals surface area contributed by atoms with Gasteiger partial charge < -0.3 is 14.0 Å². The Morgan fingerprint density at radius 1 is 1.12 bits per heavy atom. The van der Waals surface area contributed by atoms with Crippen molar-refractivity contribution in [2.24, 2.45) is 0 Å². The van der Waals surface area contributed by atoms with Gasteiger partial charge in [-0.2, -0.15) is 13.2 Å². The maximum atomic E-state index is 13.1. The molecule has 9 heteroatoms. The van der Waals surface area contributed by atoms with E-state index in [1.54, 1.807) is 0 Å². The molecule has 3 rings (SSSR count). The number of alkyl halides is 3. The average molecular weight is 387 g/mol. The molecule has 2 aromatic carbocycles. The number of ether oxygens (including phenoxy) is 2. The topological polar surface area (TPSA) is 75.7 Å². The summed E-state index contributed by atoms with van der Waals surface area (Å²) in [4.78, 5) is -0.331. The summed E-state index contributed by atoms with van der Waals surface area (Å²) >= 11 is 0. The molecule has 0 radical (unpaired) electrons. The summed E-state index contributed by atoms with van der Waals surface area (Å²) in [6.07, 6.45) is -4.32. The fraction of sp³-hybridized carbons (Fsp3) is 0.294. The molecule has 0 bridgehead atoms. The van der Waals surface area contributed by atoms with E-state index in [2.05, 4.69) is 0 Å². The third-order valence-corrected chi connectivity index (χ3v) is 4.81. The van der Waals surface area contributed by atoms with Gasteiger partial charge in [-0.3, -0.25) is 0 Å². The number of rotatable bonds is 4. The second-order valence-electron chi connectivity index (χ2n) is 5.82. The van der Waals surface area contributed by atoms with Crippen LogP contribution in [0.3, 0.4) is 0 Å². The lowest BCUT2D eigenvalue weighted by Crippen LogP contribution is -2.31. The molecule has 1 heterocycles. The molecule has 1 aliphatic heterocycles. The number of aryl methyl sites for hydroxylation is 1. The fourth-order valence-corrected chi connectivity index (χ4v) is 3.12. The quantitative estimate of drug-likeness (QED) is 0.752. The van der Waals surface area contributed by atoms with Crippen molar-refractivity contribution in [3.63, 3.8) is 0 Å². The van der Waals surface area contributed by atoms with Gasteiger partial charge in [-0.1, -0.05) is 18.2 Å². The Bertz CT molecular complexity index is 892. The number of hydrogen-bond acceptors (Lipinski definition) is 5. The van der Waals surface area contributed by atoms with Crippen LogP contribution < -0.4 is 9.47 Å². The smallest absolute Gasteiger partial charge is 0.420 e. The first-order valence-corrected chi connectivity index (χ1v) is 9.10. The van der Waals surface area contributed by atoms with Crippen molar-refractivity contribution in [2.45, 2.75) is 30.0 Å². The predicted molar refractivity (Wildman–Crippen MR) is 84.1 cm³/mol. The lowest BCUT2D eigenvalue weighted by molar-refractivity contribution is -0.140. The van der Waals surface area contributed by atoms with Crippen LogP contribution in [0.15, 0.2) is 47.4 Å². The second-order valence-corrected chi connectivity index (χ2v) is 7.20. The average Bonchev–Trinajstić information content (AvgIpc) is 2.58. The Labute approximate surface area is 148 Å². The Hall–Kier alpha value is -2.26. The van der Waals surface area contributed by atoms with Crippen LogP contribution in [0.1, 0.15) is 17.5 Å². The monoisotopic (exact) mass is 387 g/mol. The number of para-hydroxylation sites is 1. The van der Waals surface area contributed by atoms with Crippen LogP contribution in [0.5, 0.6) is 11.5 Å². The minimum atomic E-state index is -4.55. The molecule has 0 saturated carbocycles. The third-order valence-electron chi connectivity index (χ3n) is 3.96. The molecule has 0 unspecified atom stereocenters. The van der Waals surface area contributed by atoms with E-state index in [1.807, 2.05) is 0 Å². The summed E-state index contributed by atoms with van der Waals surface area (Å²) in [5, 5.41) is 0. The van der Waals surface area contributed by atoms with Crippen molar-refractivity contribution in [1.29, 1.82) is 0 Å². The van der Waals surface area contributed by atoms with E-state index >= 15 is 0 Å². The van der Waals surface area contributed by atoms with Gasteiger partial charge in [-0.25, -0.2) is 8.42 Å². The third kappa shape index (κ3) is 4.10. The molecule has 0 spiro atoms. The van der Waals surface area contributed by atoms with Gasteiger partial charge in [0.15, 0.2) is 11.5 Å². The number of halogens is 3. The van der Waals surface area contributed by atoms with Gasteiger partial charge in [-0.05, 0) is 42.7 Å². The first kappa shape index (κ1) is 18.5. The van der Waals surface area contributed by atoms with Gasteiger partial charge >= 0.3 is 6.18 Å². The first-order chi connectivity index (χ1) is 12.1. The van der Waals surface area contributed by atoms with E-state index in [-0.39, 0.29) is 23.0 Å². The van der Waals surface area contributed by atoms with Crippen LogP contribution in [0.2, 0.25) is 0 Å². The highest BCUT2D eigenvalue weighted by molar-refractivity contribution is 7.85. The summed E-state index contributed by atoms with van der Waals surface area (Å²) in [5.41, 5.74) is -0.152. The van der Waals surface area contributed by atoms with E-state index in [0.29, 0.717) is 12.8 Å². The molecule has 2 aromatic rings. The molecule has 5 nitrogen and oxygen atoms in total. The molecule has 1 atom stereocenters. The zero-order chi connectivity index (χ0) is 18.9. The van der Waals surface area contributed by atoms with E-state index in [9.17, 15) is 26.1 Å². The van der Waals surface area contributed by atoms with Crippen molar-refractivity contribution in [2.75, 3.05) is 6.61 Å². The number of benzene rings is 2. The van der Waals surface area contributed by atoms with Crippen LogP contribution in [-0.2, 0) is 22.7 Å². The zero-order valence-corrected chi connectivity index (χ0v) is 14.1. The van der Waals surface area contributed by atoms with Gasteiger partial charge in [0.2, 0.25) is 0 Å². The van der Waals surface area contributed by atoms with Gasteiger partial charge in [0, 0.05) is 0 Å². The maximum absolute atomic E-state index is 13.1. The summed E-state index contributed by atoms with van der Waals surface area (Å²) in [7, 11) is -4.51. The van der Waals surface area contributed by atoms with Crippen LogP contribution in [0, 0.1) is 0 Å². The summed E-state index contributed by atoms with van der Waals surface area (Å²) in [6, 6.07) is 9.00. The standard InChI is InChI=1S/C17H15F3O5S/c18-17(19,20)14-2-1-3-15-16(14)25-12(10-24-15)7-4-11-5-8-13(9-6-11)26(21,22)23/h1-3,5-6,8-9,12H,4,7,10H2,(H,21,22,23)/p-1/t12-/m1/s1. The van der Waals surface area contributed by atoms with Gasteiger partial charge in [0.05, 0.1) is 4.90 Å². The normalized spacial score (nSPS) is 17.2. The lowest BCUT2D eigenvalue weighted by Gasteiger charge is -2.28. The molecule has 26 heavy (non-hydrogen) atoms. The van der Waals surface area contributed by atoms with Crippen molar-refractivity contribution < 1.29 is 35.6 Å². The molecule has 0 fully saturated rings. The molecule has 140 valence electrons. The molecule has 0 N–H and O–H groups in total. The van der Waals surface area contributed by atoms with Crippen molar-refractivity contribution >= 4 is 10.1 Å². The fourth-order valence-electron chi connectivity index (χ4n) is 2.65. The minimum absolute atomic E-state index is 0.0566. The van der Waals surface area contributed by atoms with Gasteiger partial charge in [0.25, 0.3) is 0 Å². The predicted octanol–water partition coefficient (Wildman–Crippen LogP) is 3.38. The van der Waals surface area contributed by atoms with Crippen molar-refractivity contribution in [3.05, 3.63) is 53.6 Å². The van der Waals surface area contributed by atoms with Crippen LogP contribution in [-0.4, -0.2) is 25.7 Å². The van der Waals surface area contributed by atoms with Crippen LogP contribution in [0.25, 0.3) is 0 Å². The zero-order valence-electron chi connectivity index (χ0n) is 13.3. The largest absolute Gasteiger partial charge is 0.744 e. The molecule has 0 amide bonds. The SMILES string of the molecule is O=S(=O)([O-])c1ccc(CC[C@@H]2COc3cccc(C(F)(F)F)c3O2)cc1. The van der Waals surface area contributed by atoms with Gasteiger partial charge in [-0.15, -0.1) is 0 Å². The van der Waals surface area contributed by atoms with Gasteiger partial charge in [0.1, 0.15) is 28.4 Å². The molecule has 1 aliphatic rings. The van der Waals surface area contributed by atoms with E-state index in [1.165, 1.54) is 36.4 Å². The highest BCUT2D eigenvalue weighted by Crippen LogP contribution is 2.43. The van der Waals surface area contributed by atoms with Crippen LogP contribution >= 0.6 is 0 Å². The maximum Gasteiger partial charge on any atom is 0.420 e. The van der Waals surface area contributed by atoms with Crippen molar-refractivity contribution in [1.82, 2.24) is 0 Å². The highest BCUT2D eigenvalue weighted by Gasteiger charge is 2.38. The minimum Gasteiger partial charge on any atom is -0.744 e. The summed E-state index contributed by atoms with van der Waals surface area (Å²) < 4.78 is 82.8. The first-order valence-electron chi connectivity index (χ1n) is 7.69. The number of hydrogen-bond donors (Lipinski definition) is 0. The Balaban J connectivity index is 1.68.